The number of unbranched alkanes of at least 4 members (excludes halogenated alkanes) is 55. The number of rotatable bonds is 74. The minimum Gasteiger partial charge on any atom is -0.466 e. The molecule has 0 aromatic rings. The quantitative estimate of drug-likeness (QED) is 0.0320. The van der Waals surface area contributed by atoms with Gasteiger partial charge in [0.1, 0.15) is 0 Å². The van der Waals surface area contributed by atoms with Gasteiger partial charge in [-0.1, -0.05) is 376 Å². The van der Waals surface area contributed by atoms with Crippen LogP contribution in [0.3, 0.4) is 0 Å². The molecule has 516 valence electrons. The molecule has 2 atom stereocenters. The number of aliphatic hydroxyl groups is 2. The molecule has 0 aromatic carbocycles. The molecule has 0 radical (unpaired) electrons. The molecule has 0 spiro atoms. The van der Waals surface area contributed by atoms with Crippen molar-refractivity contribution in [2.45, 2.75) is 437 Å². The third-order valence-corrected chi connectivity index (χ3v) is 18.3. The van der Waals surface area contributed by atoms with E-state index in [2.05, 4.69) is 67.8 Å². The Hall–Kier alpha value is -2.44. The van der Waals surface area contributed by atoms with Crippen molar-refractivity contribution in [1.82, 2.24) is 5.32 Å². The summed E-state index contributed by atoms with van der Waals surface area (Å²) in [5.74, 6) is -0.0558. The van der Waals surface area contributed by atoms with Crippen LogP contribution in [0.5, 0.6) is 0 Å². The topological polar surface area (TPSA) is 95.9 Å². The van der Waals surface area contributed by atoms with E-state index in [1.807, 2.05) is 6.08 Å². The van der Waals surface area contributed by atoms with E-state index < -0.39 is 12.1 Å². The molecule has 6 nitrogen and oxygen atoms in total. The smallest absolute Gasteiger partial charge is 0.305 e. The molecule has 0 fully saturated rings. The number of nitrogens with one attached hydrogen (secondary N) is 1. The number of allylic oxidation sites excluding steroid dienone is 9. The number of amides is 1. The van der Waals surface area contributed by atoms with Crippen LogP contribution in [0, 0.1) is 0 Å². The fraction of sp³-hybridized carbons (Fsp3) is 0.854. The standard InChI is InChI=1S/C82H153NO5/c1-3-5-7-9-11-13-15-17-19-21-23-39-42-46-50-54-58-62-66-70-74-80(85)79(78-84)83-81(86)75-71-67-63-59-55-51-47-43-40-37-35-33-31-29-27-25-24-26-28-30-32-34-36-38-41-45-49-53-57-61-65-69-73-77-88-82(87)76-72-68-64-60-56-52-48-44-22-20-18-16-14-12-10-8-6-4-2/h14,16,20,22,28,30,34,36,70,74,79-80,84-85H,3-13,15,17-19,21,23-27,29,31-33,35,37-69,71-73,75-78H2,1-2H3,(H,83,86)/b16-14-,22-20-,30-28-,36-34-,74-70+. The molecule has 0 aliphatic rings. The van der Waals surface area contributed by atoms with E-state index in [-0.39, 0.29) is 18.5 Å². The normalized spacial score (nSPS) is 12.8. The van der Waals surface area contributed by atoms with Crippen LogP contribution in [0.4, 0.5) is 0 Å². The molecule has 0 aliphatic carbocycles. The average Bonchev–Trinajstić information content (AvgIpc) is 3.58. The van der Waals surface area contributed by atoms with Crippen LogP contribution in [0.25, 0.3) is 0 Å². The highest BCUT2D eigenvalue weighted by Crippen LogP contribution is 2.19. The van der Waals surface area contributed by atoms with E-state index >= 15 is 0 Å². The number of carbonyl (C=O) groups excluding carboxylic acids is 2. The maximum Gasteiger partial charge on any atom is 0.305 e. The zero-order valence-corrected chi connectivity index (χ0v) is 59.2. The summed E-state index contributed by atoms with van der Waals surface area (Å²) in [5, 5.41) is 23.3. The van der Waals surface area contributed by atoms with Crippen LogP contribution in [0.1, 0.15) is 425 Å². The van der Waals surface area contributed by atoms with Gasteiger partial charge in [0.05, 0.1) is 25.4 Å². The van der Waals surface area contributed by atoms with Crippen LogP contribution in [0.15, 0.2) is 60.8 Å². The minimum atomic E-state index is -0.845. The zero-order chi connectivity index (χ0) is 63.5. The Morgan fingerprint density at radius 1 is 0.318 bits per heavy atom. The van der Waals surface area contributed by atoms with E-state index in [1.54, 1.807) is 6.08 Å². The predicted molar refractivity (Wildman–Crippen MR) is 389 cm³/mol. The Kier molecular flexibility index (Phi) is 74.9. The number of hydrogen-bond donors (Lipinski definition) is 3. The van der Waals surface area contributed by atoms with Gasteiger partial charge in [0.15, 0.2) is 0 Å². The summed E-state index contributed by atoms with van der Waals surface area (Å²) in [6.45, 7) is 4.92. The second kappa shape index (κ2) is 77.0. The molecule has 0 heterocycles. The molecule has 6 heteroatoms. The summed E-state index contributed by atoms with van der Waals surface area (Å²) >= 11 is 0. The highest BCUT2D eigenvalue weighted by atomic mass is 16.5. The Bertz CT molecular complexity index is 1520. The molecular weight excluding hydrogens is 1080 g/mol. The van der Waals surface area contributed by atoms with Crippen LogP contribution in [-0.4, -0.2) is 47.4 Å². The number of carbonyl (C=O) groups is 2. The van der Waals surface area contributed by atoms with Gasteiger partial charge in [0.25, 0.3) is 0 Å². The molecule has 0 saturated heterocycles. The first-order valence-corrected chi connectivity index (χ1v) is 39.6. The third-order valence-electron chi connectivity index (χ3n) is 18.3. The van der Waals surface area contributed by atoms with E-state index in [0.29, 0.717) is 19.4 Å². The van der Waals surface area contributed by atoms with Crippen molar-refractivity contribution in [3.05, 3.63) is 60.8 Å². The molecule has 3 N–H and O–H groups in total. The van der Waals surface area contributed by atoms with Gasteiger partial charge in [0.2, 0.25) is 5.91 Å². The molecule has 0 bridgehead atoms. The number of ether oxygens (including phenoxy) is 1. The minimum absolute atomic E-state index is 0.00681. The van der Waals surface area contributed by atoms with Gasteiger partial charge in [-0.05, 0) is 96.3 Å². The van der Waals surface area contributed by atoms with Gasteiger partial charge in [-0.2, -0.15) is 0 Å². The summed E-state index contributed by atoms with van der Waals surface area (Å²) in [7, 11) is 0. The van der Waals surface area contributed by atoms with Gasteiger partial charge < -0.3 is 20.3 Å². The first-order chi connectivity index (χ1) is 43.5. The average molecular weight is 1230 g/mol. The Balaban J connectivity index is 3.40. The van der Waals surface area contributed by atoms with Crippen molar-refractivity contribution in [1.29, 1.82) is 0 Å². The van der Waals surface area contributed by atoms with Crippen molar-refractivity contribution in [3.8, 4) is 0 Å². The van der Waals surface area contributed by atoms with Crippen LogP contribution >= 0.6 is 0 Å². The highest BCUT2D eigenvalue weighted by Gasteiger charge is 2.18. The van der Waals surface area contributed by atoms with Crippen molar-refractivity contribution in [2.24, 2.45) is 0 Å². The summed E-state index contributed by atoms with van der Waals surface area (Å²) in [6, 6.07) is -0.628. The van der Waals surface area contributed by atoms with Gasteiger partial charge in [-0.25, -0.2) is 0 Å². The van der Waals surface area contributed by atoms with Crippen molar-refractivity contribution >= 4 is 11.9 Å². The monoisotopic (exact) mass is 1230 g/mol. The molecule has 2 unspecified atom stereocenters. The van der Waals surface area contributed by atoms with E-state index in [1.165, 1.54) is 340 Å². The lowest BCUT2D eigenvalue weighted by atomic mass is 10.0. The van der Waals surface area contributed by atoms with Gasteiger partial charge >= 0.3 is 5.97 Å². The number of aliphatic hydroxyl groups excluding tert-OH is 2. The lowest BCUT2D eigenvalue weighted by Crippen LogP contribution is -2.45. The summed E-state index contributed by atoms with van der Waals surface area (Å²) < 4.78 is 5.50. The fourth-order valence-corrected chi connectivity index (χ4v) is 12.2. The van der Waals surface area contributed by atoms with Crippen LogP contribution < -0.4 is 5.32 Å². The molecule has 1 amide bonds. The SMILES string of the molecule is CCCCCC/C=C\C/C=C\CCCCCCCCCC(=O)OCCCCCCCCCCC/C=C\C/C=C\CCCCCCCCCCCCCCCCCCCC(=O)NC(CO)C(O)/C=C/CCCCCCCCCCCCCCCCCCCC. The first-order valence-electron chi connectivity index (χ1n) is 39.6. The lowest BCUT2D eigenvalue weighted by Gasteiger charge is -2.20. The van der Waals surface area contributed by atoms with E-state index in [9.17, 15) is 19.8 Å². The Morgan fingerprint density at radius 2 is 0.568 bits per heavy atom. The summed E-state index contributed by atoms with van der Waals surface area (Å²) in [6.07, 6.45) is 103. The second-order valence-corrected chi connectivity index (χ2v) is 27.0. The summed E-state index contributed by atoms with van der Waals surface area (Å²) in [5.41, 5.74) is 0. The molecule has 0 saturated carbocycles. The van der Waals surface area contributed by atoms with Gasteiger partial charge in [-0.15, -0.1) is 0 Å². The van der Waals surface area contributed by atoms with Gasteiger partial charge in [0, 0.05) is 12.8 Å². The molecule has 88 heavy (non-hydrogen) atoms. The number of hydrogen-bond acceptors (Lipinski definition) is 5. The molecule has 0 rings (SSSR count). The van der Waals surface area contributed by atoms with Crippen molar-refractivity contribution in [3.63, 3.8) is 0 Å². The highest BCUT2D eigenvalue weighted by molar-refractivity contribution is 5.76. The molecule has 0 aromatic heterocycles. The maximum atomic E-state index is 12.5. The molecule has 0 aliphatic heterocycles. The van der Waals surface area contributed by atoms with Crippen LogP contribution in [-0.2, 0) is 14.3 Å². The van der Waals surface area contributed by atoms with E-state index in [4.69, 9.17) is 4.74 Å². The molecular formula is C82H153NO5. The van der Waals surface area contributed by atoms with E-state index in [0.717, 1.165) is 57.8 Å². The second-order valence-electron chi connectivity index (χ2n) is 27.0. The van der Waals surface area contributed by atoms with Gasteiger partial charge in [-0.3, -0.25) is 9.59 Å². The summed E-state index contributed by atoms with van der Waals surface area (Å²) in [4.78, 5) is 24.6. The third kappa shape index (κ3) is 72.6. The van der Waals surface area contributed by atoms with Crippen molar-refractivity contribution < 1.29 is 24.5 Å². The Labute approximate surface area is 549 Å². The zero-order valence-electron chi connectivity index (χ0n) is 59.2. The van der Waals surface area contributed by atoms with Crippen molar-refractivity contribution in [2.75, 3.05) is 13.2 Å². The van der Waals surface area contributed by atoms with Crippen LogP contribution in [0.2, 0.25) is 0 Å². The Morgan fingerprint density at radius 3 is 0.875 bits per heavy atom. The lowest BCUT2D eigenvalue weighted by molar-refractivity contribution is -0.143. The first kappa shape index (κ1) is 85.6. The predicted octanol–water partition coefficient (Wildman–Crippen LogP) is 26.2. The largest absolute Gasteiger partial charge is 0.466 e. The fourth-order valence-electron chi connectivity index (χ4n) is 12.2. The number of esters is 1. The maximum absolute atomic E-state index is 12.5.